The van der Waals surface area contributed by atoms with E-state index >= 15 is 0 Å². The van der Waals surface area contributed by atoms with Crippen molar-refractivity contribution in [3.8, 4) is 5.75 Å². The van der Waals surface area contributed by atoms with E-state index in [1.165, 1.54) is 12.5 Å². The first-order valence-electron chi connectivity index (χ1n) is 6.34. The number of carbonyl (C=O) groups is 1. The highest BCUT2D eigenvalue weighted by molar-refractivity contribution is 7.07. The molecule has 0 saturated carbocycles. The van der Waals surface area contributed by atoms with Gasteiger partial charge in [-0.1, -0.05) is 0 Å². The maximum absolute atomic E-state index is 11.1. The maximum Gasteiger partial charge on any atom is 0.221 e. The lowest BCUT2D eigenvalue weighted by Gasteiger charge is -2.18. The van der Waals surface area contributed by atoms with Crippen LogP contribution in [0.3, 0.4) is 0 Å². The largest absolute Gasteiger partial charge is 0.495 e. The molecule has 4 nitrogen and oxygen atoms in total. The molecule has 0 aliphatic heterocycles. The molecule has 5 heteroatoms. The number of methoxy groups -OCH3 is 1. The molecular formula is C15H18N2O2S. The normalized spacial score (nSPS) is 11.8. The summed E-state index contributed by atoms with van der Waals surface area (Å²) in [7, 11) is 1.63. The number of amides is 1. The molecule has 1 aromatic carbocycles. The first-order chi connectivity index (χ1) is 9.60. The number of ether oxygens (including phenoxy) is 1. The van der Waals surface area contributed by atoms with E-state index in [1.807, 2.05) is 18.2 Å². The number of benzene rings is 1. The molecule has 0 fully saturated rings. The van der Waals surface area contributed by atoms with Crippen molar-refractivity contribution >= 4 is 28.6 Å². The molecule has 0 aliphatic rings. The minimum atomic E-state index is -0.0907. The summed E-state index contributed by atoms with van der Waals surface area (Å²) in [6.45, 7) is 3.58. The second kappa shape index (κ2) is 6.43. The van der Waals surface area contributed by atoms with Crippen LogP contribution in [0.15, 0.2) is 35.0 Å². The Labute approximate surface area is 122 Å². The molecule has 0 spiro atoms. The van der Waals surface area contributed by atoms with E-state index in [0.29, 0.717) is 0 Å². The monoisotopic (exact) mass is 290 g/mol. The third kappa shape index (κ3) is 3.51. The van der Waals surface area contributed by atoms with Gasteiger partial charge in [0.1, 0.15) is 5.75 Å². The lowest BCUT2D eigenvalue weighted by Crippen LogP contribution is -2.09. The highest BCUT2D eigenvalue weighted by atomic mass is 32.1. The predicted molar refractivity (Wildman–Crippen MR) is 83.7 cm³/mol. The van der Waals surface area contributed by atoms with Crippen molar-refractivity contribution in [2.75, 3.05) is 17.7 Å². The van der Waals surface area contributed by atoms with Crippen LogP contribution in [-0.4, -0.2) is 13.0 Å². The van der Waals surface area contributed by atoms with Crippen LogP contribution >= 0.6 is 11.3 Å². The molecule has 0 aliphatic carbocycles. The van der Waals surface area contributed by atoms with Gasteiger partial charge >= 0.3 is 0 Å². The van der Waals surface area contributed by atoms with Crippen LogP contribution in [0.5, 0.6) is 5.75 Å². The van der Waals surface area contributed by atoms with Crippen LogP contribution < -0.4 is 15.4 Å². The summed E-state index contributed by atoms with van der Waals surface area (Å²) in [6.07, 6.45) is 0. The molecule has 106 valence electrons. The van der Waals surface area contributed by atoms with Crippen molar-refractivity contribution in [3.05, 3.63) is 40.6 Å². The summed E-state index contributed by atoms with van der Waals surface area (Å²) in [6, 6.07) is 7.80. The van der Waals surface area contributed by atoms with Gasteiger partial charge in [0.15, 0.2) is 0 Å². The average Bonchev–Trinajstić information content (AvgIpc) is 2.92. The van der Waals surface area contributed by atoms with Gasteiger partial charge in [-0.15, -0.1) is 0 Å². The Balaban J connectivity index is 2.21. The first-order valence-corrected chi connectivity index (χ1v) is 7.28. The number of carbonyl (C=O) groups excluding carboxylic acids is 1. The fourth-order valence-electron chi connectivity index (χ4n) is 1.94. The van der Waals surface area contributed by atoms with Gasteiger partial charge in [0, 0.05) is 18.7 Å². The van der Waals surface area contributed by atoms with Crippen molar-refractivity contribution in [1.82, 2.24) is 0 Å². The lowest BCUT2D eigenvalue weighted by atomic mass is 10.1. The quantitative estimate of drug-likeness (QED) is 0.878. The van der Waals surface area contributed by atoms with E-state index in [-0.39, 0.29) is 11.9 Å². The lowest BCUT2D eigenvalue weighted by molar-refractivity contribution is -0.114. The summed E-state index contributed by atoms with van der Waals surface area (Å²) < 4.78 is 5.35. The fraction of sp³-hybridized carbons (Fsp3) is 0.267. The minimum Gasteiger partial charge on any atom is -0.495 e. The Bertz CT molecular complexity index is 582. The smallest absolute Gasteiger partial charge is 0.221 e. The van der Waals surface area contributed by atoms with Gasteiger partial charge in [0.2, 0.25) is 5.91 Å². The number of anilines is 2. The zero-order valence-corrected chi connectivity index (χ0v) is 12.6. The van der Waals surface area contributed by atoms with Crippen LogP contribution in [0.25, 0.3) is 0 Å². The van der Waals surface area contributed by atoms with Crippen molar-refractivity contribution < 1.29 is 9.53 Å². The van der Waals surface area contributed by atoms with E-state index in [0.717, 1.165) is 17.1 Å². The van der Waals surface area contributed by atoms with E-state index in [9.17, 15) is 4.79 Å². The van der Waals surface area contributed by atoms with Crippen molar-refractivity contribution in [2.45, 2.75) is 19.9 Å². The van der Waals surface area contributed by atoms with Crippen LogP contribution in [0.1, 0.15) is 25.5 Å². The number of hydrogen-bond acceptors (Lipinski definition) is 4. The summed E-state index contributed by atoms with van der Waals surface area (Å²) in [5.41, 5.74) is 2.83. The van der Waals surface area contributed by atoms with Crippen molar-refractivity contribution in [2.24, 2.45) is 0 Å². The van der Waals surface area contributed by atoms with E-state index < -0.39 is 0 Å². The third-order valence-electron chi connectivity index (χ3n) is 2.94. The zero-order valence-electron chi connectivity index (χ0n) is 11.8. The number of thiophene rings is 1. The predicted octanol–water partition coefficient (Wildman–Crippen LogP) is 3.89. The SMILES string of the molecule is COc1ccc(NC(C)=O)cc1NC(C)c1ccsc1. The van der Waals surface area contributed by atoms with E-state index in [2.05, 4.69) is 34.4 Å². The second-order valence-corrected chi connectivity index (χ2v) is 5.30. The Hall–Kier alpha value is -2.01. The summed E-state index contributed by atoms with van der Waals surface area (Å²) in [5, 5.41) is 10.3. The van der Waals surface area contributed by atoms with Crippen molar-refractivity contribution in [3.63, 3.8) is 0 Å². The van der Waals surface area contributed by atoms with Gasteiger partial charge in [-0.3, -0.25) is 4.79 Å². The van der Waals surface area contributed by atoms with Crippen LogP contribution in [-0.2, 0) is 4.79 Å². The maximum atomic E-state index is 11.1. The molecule has 20 heavy (non-hydrogen) atoms. The number of rotatable bonds is 5. The van der Waals surface area contributed by atoms with Crippen LogP contribution in [0, 0.1) is 0 Å². The fourth-order valence-corrected chi connectivity index (χ4v) is 2.69. The molecule has 1 aromatic heterocycles. The summed E-state index contributed by atoms with van der Waals surface area (Å²) in [5.74, 6) is 0.660. The minimum absolute atomic E-state index is 0.0907. The Morgan fingerprint density at radius 2 is 2.15 bits per heavy atom. The summed E-state index contributed by atoms with van der Waals surface area (Å²) >= 11 is 1.67. The van der Waals surface area contributed by atoms with Crippen LogP contribution in [0.2, 0.25) is 0 Å². The van der Waals surface area contributed by atoms with Gasteiger partial charge in [0.25, 0.3) is 0 Å². The standard InChI is InChI=1S/C15H18N2O2S/c1-10(12-6-7-20-9-12)16-14-8-13(17-11(2)18)4-5-15(14)19-3/h4-10,16H,1-3H3,(H,17,18). The molecule has 1 amide bonds. The summed E-state index contributed by atoms with van der Waals surface area (Å²) in [4.78, 5) is 11.1. The molecule has 0 bridgehead atoms. The number of hydrogen-bond donors (Lipinski definition) is 2. The topological polar surface area (TPSA) is 50.4 Å². The van der Waals surface area contributed by atoms with Gasteiger partial charge in [-0.05, 0) is 47.5 Å². The Kier molecular flexibility index (Phi) is 4.63. The molecule has 2 rings (SSSR count). The van der Waals surface area contributed by atoms with Gasteiger partial charge in [-0.2, -0.15) is 11.3 Å². The number of nitrogens with one attached hydrogen (secondary N) is 2. The molecule has 0 radical (unpaired) electrons. The van der Waals surface area contributed by atoms with Gasteiger partial charge in [-0.25, -0.2) is 0 Å². The molecule has 1 atom stereocenters. The molecule has 2 aromatic rings. The molecule has 2 N–H and O–H groups in total. The third-order valence-corrected chi connectivity index (χ3v) is 3.64. The van der Waals surface area contributed by atoms with E-state index in [1.54, 1.807) is 18.4 Å². The first kappa shape index (κ1) is 14.4. The van der Waals surface area contributed by atoms with Gasteiger partial charge in [0.05, 0.1) is 12.8 Å². The second-order valence-electron chi connectivity index (χ2n) is 4.52. The van der Waals surface area contributed by atoms with E-state index in [4.69, 9.17) is 4.74 Å². The molecule has 1 unspecified atom stereocenters. The van der Waals surface area contributed by atoms with Gasteiger partial charge < -0.3 is 15.4 Å². The molecule has 0 saturated heterocycles. The van der Waals surface area contributed by atoms with Crippen molar-refractivity contribution in [1.29, 1.82) is 0 Å². The highest BCUT2D eigenvalue weighted by Gasteiger charge is 2.10. The Morgan fingerprint density at radius 3 is 2.75 bits per heavy atom. The zero-order chi connectivity index (χ0) is 14.5. The molecular weight excluding hydrogens is 272 g/mol. The Morgan fingerprint density at radius 1 is 1.35 bits per heavy atom. The highest BCUT2D eigenvalue weighted by Crippen LogP contribution is 2.31. The molecule has 1 heterocycles. The average molecular weight is 290 g/mol. The van der Waals surface area contributed by atoms with Crippen LogP contribution in [0.4, 0.5) is 11.4 Å².